The highest BCUT2D eigenvalue weighted by atomic mass is 19.1. The van der Waals surface area contributed by atoms with Gasteiger partial charge in [-0.3, -0.25) is 0 Å². The topological polar surface area (TPSA) is 18.5 Å². The van der Waals surface area contributed by atoms with Gasteiger partial charge in [-0.15, -0.1) is 0 Å². The van der Waals surface area contributed by atoms with Crippen molar-refractivity contribution in [1.82, 2.24) is 0 Å². The Morgan fingerprint density at radius 1 is 0.846 bits per heavy atom. The summed E-state index contributed by atoms with van der Waals surface area (Å²) in [7, 11) is 0. The van der Waals surface area contributed by atoms with Gasteiger partial charge in [0.05, 0.1) is 6.61 Å². The summed E-state index contributed by atoms with van der Waals surface area (Å²) in [6.07, 6.45) is 13.8. The molecule has 0 heterocycles. The normalized spacial score (nSPS) is 11.6. The van der Waals surface area contributed by atoms with E-state index in [2.05, 4.69) is 6.92 Å². The summed E-state index contributed by atoms with van der Waals surface area (Å²) in [5.74, 6) is 0.523. The Balaban J connectivity index is 2.13. The van der Waals surface area contributed by atoms with Crippen molar-refractivity contribution in [3.05, 3.63) is 24.0 Å². The first-order valence-electron chi connectivity index (χ1n) is 10.6. The zero-order valence-electron chi connectivity index (χ0n) is 17.4. The van der Waals surface area contributed by atoms with E-state index >= 15 is 0 Å². The number of ether oxygens (including phenoxy) is 2. The monoisotopic (exact) mass is 366 g/mol. The molecular formula is C23H39FO2. The van der Waals surface area contributed by atoms with Crippen LogP contribution in [0.15, 0.2) is 18.2 Å². The Bertz CT molecular complexity index is 485. The Morgan fingerprint density at radius 2 is 1.42 bits per heavy atom. The minimum atomic E-state index is -0.362. The van der Waals surface area contributed by atoms with Gasteiger partial charge in [-0.2, -0.15) is 0 Å². The minimum Gasteiger partial charge on any atom is -0.493 e. The third kappa shape index (κ3) is 10.0. The maximum atomic E-state index is 14.1. The molecule has 0 aliphatic rings. The SMILES string of the molecule is CCCCCCCCCCCCOc1ccc(OC(C)(C)CC)c(F)c1. The lowest BCUT2D eigenvalue weighted by Gasteiger charge is -2.25. The molecule has 0 N–H and O–H groups in total. The van der Waals surface area contributed by atoms with Gasteiger partial charge in [0.25, 0.3) is 0 Å². The molecule has 26 heavy (non-hydrogen) atoms. The van der Waals surface area contributed by atoms with E-state index in [9.17, 15) is 4.39 Å². The lowest BCUT2D eigenvalue weighted by atomic mass is 10.1. The van der Waals surface area contributed by atoms with Crippen LogP contribution >= 0.6 is 0 Å². The predicted octanol–water partition coefficient (Wildman–Crippen LogP) is 7.69. The lowest BCUT2D eigenvalue weighted by Crippen LogP contribution is -2.27. The third-order valence-corrected chi connectivity index (χ3v) is 4.91. The van der Waals surface area contributed by atoms with Gasteiger partial charge in [0.1, 0.15) is 11.4 Å². The first kappa shape index (κ1) is 22.8. The number of hydrogen-bond donors (Lipinski definition) is 0. The molecule has 0 amide bonds. The number of hydrogen-bond acceptors (Lipinski definition) is 2. The second-order valence-electron chi connectivity index (χ2n) is 7.84. The molecule has 1 aromatic rings. The second kappa shape index (κ2) is 13.0. The van der Waals surface area contributed by atoms with Gasteiger partial charge in [-0.05, 0) is 38.8 Å². The molecule has 0 fully saturated rings. The standard InChI is InChI=1S/C23H39FO2/c1-5-7-8-9-10-11-12-13-14-15-18-25-20-16-17-22(21(24)19-20)26-23(3,4)6-2/h16-17,19H,5-15,18H2,1-4H3. The highest BCUT2D eigenvalue weighted by molar-refractivity contribution is 5.33. The largest absolute Gasteiger partial charge is 0.493 e. The van der Waals surface area contributed by atoms with E-state index in [0.29, 0.717) is 18.1 Å². The van der Waals surface area contributed by atoms with Crippen LogP contribution in [0.1, 0.15) is 98.3 Å². The molecule has 0 aromatic heterocycles. The molecule has 0 saturated carbocycles. The maximum Gasteiger partial charge on any atom is 0.168 e. The number of rotatable bonds is 15. The van der Waals surface area contributed by atoms with E-state index in [4.69, 9.17) is 9.47 Å². The molecule has 1 aromatic carbocycles. The Morgan fingerprint density at radius 3 is 1.96 bits per heavy atom. The zero-order valence-corrected chi connectivity index (χ0v) is 17.4. The average Bonchev–Trinajstić information content (AvgIpc) is 2.62. The summed E-state index contributed by atoms with van der Waals surface area (Å²) in [6, 6.07) is 4.89. The van der Waals surface area contributed by atoms with Crippen LogP contribution in [0.4, 0.5) is 4.39 Å². The zero-order chi connectivity index (χ0) is 19.3. The summed E-state index contributed by atoms with van der Waals surface area (Å²) in [6.45, 7) is 8.86. The average molecular weight is 367 g/mol. The van der Waals surface area contributed by atoms with E-state index in [0.717, 1.165) is 12.8 Å². The molecule has 0 unspecified atom stereocenters. The Labute approximate surface area is 160 Å². The van der Waals surface area contributed by atoms with Gasteiger partial charge in [0.15, 0.2) is 11.6 Å². The molecule has 0 atom stereocenters. The summed E-state index contributed by atoms with van der Waals surface area (Å²) in [5.41, 5.74) is -0.362. The van der Waals surface area contributed by atoms with Crippen LogP contribution in [0, 0.1) is 5.82 Å². The van der Waals surface area contributed by atoms with Crippen molar-refractivity contribution in [2.45, 2.75) is 104 Å². The van der Waals surface area contributed by atoms with Crippen molar-refractivity contribution in [2.24, 2.45) is 0 Å². The fourth-order valence-corrected chi connectivity index (χ4v) is 2.80. The molecule has 0 spiro atoms. The molecule has 0 aliphatic carbocycles. The Hall–Kier alpha value is -1.25. The molecule has 2 nitrogen and oxygen atoms in total. The molecule has 0 bridgehead atoms. The fraction of sp³-hybridized carbons (Fsp3) is 0.739. The van der Waals surface area contributed by atoms with E-state index in [1.807, 2.05) is 20.8 Å². The Kier molecular flexibility index (Phi) is 11.4. The summed E-state index contributed by atoms with van der Waals surface area (Å²) >= 11 is 0. The van der Waals surface area contributed by atoms with Gasteiger partial charge in [-0.1, -0.05) is 71.6 Å². The quantitative estimate of drug-likeness (QED) is 0.296. The molecule has 1 rings (SSSR count). The van der Waals surface area contributed by atoms with Crippen LogP contribution in [0.25, 0.3) is 0 Å². The van der Waals surface area contributed by atoms with E-state index in [1.165, 1.54) is 63.9 Å². The molecule has 3 heteroatoms. The van der Waals surface area contributed by atoms with Crippen molar-refractivity contribution < 1.29 is 13.9 Å². The molecule has 0 aliphatic heterocycles. The minimum absolute atomic E-state index is 0.295. The first-order valence-corrected chi connectivity index (χ1v) is 10.6. The second-order valence-corrected chi connectivity index (χ2v) is 7.84. The van der Waals surface area contributed by atoms with Gasteiger partial charge in [-0.25, -0.2) is 4.39 Å². The third-order valence-electron chi connectivity index (χ3n) is 4.91. The highest BCUT2D eigenvalue weighted by Gasteiger charge is 2.19. The van der Waals surface area contributed by atoms with Crippen molar-refractivity contribution in [3.8, 4) is 11.5 Å². The van der Waals surface area contributed by atoms with Crippen molar-refractivity contribution >= 4 is 0 Å². The summed E-state index contributed by atoms with van der Waals surface area (Å²) < 4.78 is 25.5. The van der Waals surface area contributed by atoms with Crippen LogP contribution in [0.2, 0.25) is 0 Å². The van der Waals surface area contributed by atoms with Crippen molar-refractivity contribution in [1.29, 1.82) is 0 Å². The molecule has 0 saturated heterocycles. The van der Waals surface area contributed by atoms with E-state index < -0.39 is 0 Å². The van der Waals surface area contributed by atoms with E-state index in [1.54, 1.807) is 12.1 Å². The van der Waals surface area contributed by atoms with Gasteiger partial charge in [0.2, 0.25) is 0 Å². The van der Waals surface area contributed by atoms with Gasteiger partial charge >= 0.3 is 0 Å². The van der Waals surface area contributed by atoms with Crippen LogP contribution in [-0.2, 0) is 0 Å². The first-order chi connectivity index (χ1) is 12.5. The summed E-state index contributed by atoms with van der Waals surface area (Å²) in [4.78, 5) is 0. The smallest absolute Gasteiger partial charge is 0.168 e. The molecular weight excluding hydrogens is 327 g/mol. The van der Waals surface area contributed by atoms with E-state index in [-0.39, 0.29) is 11.4 Å². The highest BCUT2D eigenvalue weighted by Crippen LogP contribution is 2.27. The fourth-order valence-electron chi connectivity index (χ4n) is 2.80. The van der Waals surface area contributed by atoms with Crippen LogP contribution in [-0.4, -0.2) is 12.2 Å². The number of halogens is 1. The van der Waals surface area contributed by atoms with Crippen LogP contribution < -0.4 is 9.47 Å². The van der Waals surface area contributed by atoms with Crippen LogP contribution in [0.3, 0.4) is 0 Å². The van der Waals surface area contributed by atoms with Crippen LogP contribution in [0.5, 0.6) is 11.5 Å². The molecule has 0 radical (unpaired) electrons. The lowest BCUT2D eigenvalue weighted by molar-refractivity contribution is 0.0992. The van der Waals surface area contributed by atoms with Gasteiger partial charge < -0.3 is 9.47 Å². The van der Waals surface area contributed by atoms with Crippen molar-refractivity contribution in [2.75, 3.05) is 6.61 Å². The number of benzene rings is 1. The maximum absolute atomic E-state index is 14.1. The van der Waals surface area contributed by atoms with Gasteiger partial charge in [0, 0.05) is 6.07 Å². The molecule has 150 valence electrons. The predicted molar refractivity (Wildman–Crippen MR) is 109 cm³/mol. The summed E-state index contributed by atoms with van der Waals surface area (Å²) in [5, 5.41) is 0. The van der Waals surface area contributed by atoms with Crippen molar-refractivity contribution in [3.63, 3.8) is 0 Å². The number of unbranched alkanes of at least 4 members (excludes halogenated alkanes) is 9.